The van der Waals surface area contributed by atoms with Crippen LogP contribution in [0, 0.1) is 13.8 Å². The van der Waals surface area contributed by atoms with Gasteiger partial charge in [-0.3, -0.25) is 4.68 Å². The van der Waals surface area contributed by atoms with Crippen LogP contribution in [0.1, 0.15) is 17.1 Å². The maximum absolute atomic E-state index is 5.68. The van der Waals surface area contributed by atoms with Crippen molar-refractivity contribution in [2.24, 2.45) is 0 Å². The summed E-state index contributed by atoms with van der Waals surface area (Å²) in [5.74, 6) is 0.826. The molecule has 0 amide bonds. The minimum atomic E-state index is 0.424. The van der Waals surface area contributed by atoms with Crippen LogP contribution in [0.4, 0.5) is 0 Å². The van der Waals surface area contributed by atoms with Gasteiger partial charge in [-0.15, -0.1) is 0 Å². The standard InChI is InChI=1S/C11H13ClN2O/c1-8-3-4-9(2)14(8)13-7-10-5-6-11(12)15-10/h3-6,13H,7H2,1-2H3. The summed E-state index contributed by atoms with van der Waals surface area (Å²) < 4.78 is 7.28. The van der Waals surface area contributed by atoms with Crippen molar-refractivity contribution in [3.63, 3.8) is 0 Å². The summed E-state index contributed by atoms with van der Waals surface area (Å²) in [7, 11) is 0. The molecule has 15 heavy (non-hydrogen) atoms. The second-order valence-electron chi connectivity index (χ2n) is 3.49. The lowest BCUT2D eigenvalue weighted by molar-refractivity contribution is 0.511. The molecule has 0 aliphatic carbocycles. The summed E-state index contributed by atoms with van der Waals surface area (Å²) >= 11 is 5.68. The van der Waals surface area contributed by atoms with Gasteiger partial charge in [-0.05, 0) is 49.7 Å². The molecule has 4 heteroatoms. The zero-order valence-corrected chi connectivity index (χ0v) is 9.51. The molecule has 0 spiro atoms. The molecular weight excluding hydrogens is 212 g/mol. The second kappa shape index (κ2) is 4.03. The zero-order chi connectivity index (χ0) is 10.8. The number of aromatic nitrogens is 1. The fraction of sp³-hybridized carbons (Fsp3) is 0.273. The van der Waals surface area contributed by atoms with Crippen LogP contribution in [-0.2, 0) is 6.54 Å². The predicted molar refractivity (Wildman–Crippen MR) is 60.7 cm³/mol. The molecule has 3 nitrogen and oxygen atoms in total. The minimum Gasteiger partial charge on any atom is -0.448 e. The Labute approximate surface area is 93.6 Å². The van der Waals surface area contributed by atoms with Crippen LogP contribution in [0.5, 0.6) is 0 Å². The summed E-state index contributed by atoms with van der Waals surface area (Å²) in [6.07, 6.45) is 0. The number of halogens is 1. The molecule has 0 bridgehead atoms. The Bertz CT molecular complexity index is 439. The molecule has 0 atom stereocenters. The van der Waals surface area contributed by atoms with Crippen LogP contribution in [0.25, 0.3) is 0 Å². The summed E-state index contributed by atoms with van der Waals surface area (Å²) in [4.78, 5) is 0. The van der Waals surface area contributed by atoms with Crippen molar-refractivity contribution in [3.05, 3.63) is 46.6 Å². The Kier molecular flexibility index (Phi) is 2.73. The molecule has 2 aromatic rings. The van der Waals surface area contributed by atoms with Crippen molar-refractivity contribution >= 4 is 11.6 Å². The number of hydrogen-bond donors (Lipinski definition) is 1. The molecule has 0 aromatic carbocycles. The minimum absolute atomic E-state index is 0.424. The molecule has 0 aliphatic rings. The van der Waals surface area contributed by atoms with E-state index in [2.05, 4.69) is 31.4 Å². The monoisotopic (exact) mass is 224 g/mol. The Morgan fingerprint density at radius 2 is 1.87 bits per heavy atom. The number of furan rings is 1. The third-order valence-electron chi connectivity index (χ3n) is 2.31. The number of aryl methyl sites for hydroxylation is 2. The summed E-state index contributed by atoms with van der Waals surface area (Å²) in [5.41, 5.74) is 5.60. The van der Waals surface area contributed by atoms with E-state index in [0.717, 1.165) is 5.76 Å². The van der Waals surface area contributed by atoms with Gasteiger partial charge >= 0.3 is 0 Å². The van der Waals surface area contributed by atoms with Gasteiger partial charge in [0.15, 0.2) is 5.22 Å². The number of nitrogens with one attached hydrogen (secondary N) is 1. The van der Waals surface area contributed by atoms with Crippen molar-refractivity contribution in [1.82, 2.24) is 4.68 Å². The van der Waals surface area contributed by atoms with E-state index in [1.807, 2.05) is 10.7 Å². The second-order valence-corrected chi connectivity index (χ2v) is 3.86. The lowest BCUT2D eigenvalue weighted by Gasteiger charge is -2.10. The van der Waals surface area contributed by atoms with Crippen LogP contribution in [0.2, 0.25) is 5.22 Å². The van der Waals surface area contributed by atoms with E-state index in [-0.39, 0.29) is 0 Å². The fourth-order valence-corrected chi connectivity index (χ4v) is 1.68. The van der Waals surface area contributed by atoms with E-state index in [4.69, 9.17) is 16.0 Å². The van der Waals surface area contributed by atoms with Crippen molar-refractivity contribution in [1.29, 1.82) is 0 Å². The molecule has 2 rings (SSSR count). The van der Waals surface area contributed by atoms with Gasteiger partial charge in [-0.25, -0.2) is 0 Å². The summed E-state index contributed by atoms with van der Waals surface area (Å²) in [5, 5.41) is 0.424. The summed E-state index contributed by atoms with van der Waals surface area (Å²) in [6.45, 7) is 4.73. The van der Waals surface area contributed by atoms with E-state index in [9.17, 15) is 0 Å². The lowest BCUT2D eigenvalue weighted by atomic mass is 10.4. The highest BCUT2D eigenvalue weighted by Crippen LogP contribution is 2.13. The van der Waals surface area contributed by atoms with E-state index < -0.39 is 0 Å². The van der Waals surface area contributed by atoms with E-state index in [0.29, 0.717) is 11.8 Å². The molecule has 1 N–H and O–H groups in total. The van der Waals surface area contributed by atoms with E-state index >= 15 is 0 Å². The first-order valence-electron chi connectivity index (χ1n) is 4.80. The van der Waals surface area contributed by atoms with Gasteiger partial charge < -0.3 is 9.84 Å². The van der Waals surface area contributed by atoms with Gasteiger partial charge in [0.2, 0.25) is 0 Å². The first-order chi connectivity index (χ1) is 7.16. The maximum atomic E-state index is 5.68. The normalized spacial score (nSPS) is 10.6. The first-order valence-corrected chi connectivity index (χ1v) is 5.17. The van der Waals surface area contributed by atoms with Gasteiger partial charge in [0, 0.05) is 11.4 Å². The molecule has 2 heterocycles. The van der Waals surface area contributed by atoms with Crippen LogP contribution >= 0.6 is 11.6 Å². The SMILES string of the molecule is Cc1ccc(C)n1NCc1ccc(Cl)o1. The first kappa shape index (κ1) is 10.2. The molecule has 80 valence electrons. The van der Waals surface area contributed by atoms with Crippen molar-refractivity contribution in [2.75, 3.05) is 5.43 Å². The van der Waals surface area contributed by atoms with Gasteiger partial charge in [-0.2, -0.15) is 0 Å². The van der Waals surface area contributed by atoms with Crippen LogP contribution in [0.3, 0.4) is 0 Å². The highest BCUT2D eigenvalue weighted by atomic mass is 35.5. The highest BCUT2D eigenvalue weighted by Gasteiger charge is 2.02. The number of nitrogens with zero attached hydrogens (tertiary/aromatic N) is 1. The molecule has 0 radical (unpaired) electrons. The van der Waals surface area contributed by atoms with Crippen LogP contribution < -0.4 is 5.43 Å². The quantitative estimate of drug-likeness (QED) is 0.869. The van der Waals surface area contributed by atoms with Gasteiger partial charge in [-0.1, -0.05) is 0 Å². The lowest BCUT2D eigenvalue weighted by Crippen LogP contribution is -2.16. The zero-order valence-electron chi connectivity index (χ0n) is 8.75. The van der Waals surface area contributed by atoms with Crippen molar-refractivity contribution in [2.45, 2.75) is 20.4 Å². The maximum Gasteiger partial charge on any atom is 0.193 e. The smallest absolute Gasteiger partial charge is 0.193 e. The third kappa shape index (κ3) is 2.18. The molecule has 0 unspecified atom stereocenters. The number of hydrogen-bond acceptors (Lipinski definition) is 2. The fourth-order valence-electron chi connectivity index (χ4n) is 1.52. The molecular formula is C11H13ClN2O. The van der Waals surface area contributed by atoms with Crippen LogP contribution in [-0.4, -0.2) is 4.68 Å². The Morgan fingerprint density at radius 1 is 1.20 bits per heavy atom. The molecule has 2 aromatic heterocycles. The molecule has 0 saturated heterocycles. The van der Waals surface area contributed by atoms with Crippen LogP contribution in [0.15, 0.2) is 28.7 Å². The average Bonchev–Trinajstić information content (AvgIpc) is 2.73. The van der Waals surface area contributed by atoms with Gasteiger partial charge in [0.1, 0.15) is 5.76 Å². The molecule has 0 fully saturated rings. The van der Waals surface area contributed by atoms with Crippen molar-refractivity contribution < 1.29 is 4.42 Å². The third-order valence-corrected chi connectivity index (χ3v) is 2.51. The Hall–Kier alpha value is -1.35. The highest BCUT2D eigenvalue weighted by molar-refractivity contribution is 6.28. The molecule has 0 aliphatic heterocycles. The largest absolute Gasteiger partial charge is 0.448 e. The van der Waals surface area contributed by atoms with Crippen molar-refractivity contribution in [3.8, 4) is 0 Å². The number of rotatable bonds is 3. The van der Waals surface area contributed by atoms with Gasteiger partial charge in [0.05, 0.1) is 6.54 Å². The predicted octanol–water partition coefficient (Wildman–Crippen LogP) is 3.10. The van der Waals surface area contributed by atoms with E-state index in [1.165, 1.54) is 11.4 Å². The topological polar surface area (TPSA) is 30.1 Å². The molecule has 0 saturated carbocycles. The Morgan fingerprint density at radius 3 is 2.40 bits per heavy atom. The van der Waals surface area contributed by atoms with E-state index in [1.54, 1.807) is 6.07 Å². The average molecular weight is 225 g/mol. The Balaban J connectivity index is 2.05. The summed E-state index contributed by atoms with van der Waals surface area (Å²) in [6, 6.07) is 7.74. The van der Waals surface area contributed by atoms with Gasteiger partial charge in [0.25, 0.3) is 0 Å².